The van der Waals surface area contributed by atoms with Crippen LogP contribution in [0.1, 0.15) is 29.8 Å². The molecule has 41 heavy (non-hydrogen) atoms. The van der Waals surface area contributed by atoms with Gasteiger partial charge < -0.3 is 5.32 Å². The zero-order chi connectivity index (χ0) is 30.4. The summed E-state index contributed by atoms with van der Waals surface area (Å²) in [7, 11) is -12.3. The van der Waals surface area contributed by atoms with Crippen LogP contribution in [0.5, 0.6) is 0 Å². The van der Waals surface area contributed by atoms with Gasteiger partial charge in [-0.05, 0) is 30.7 Å². The molecule has 0 saturated heterocycles. The standard InChI is InChI=1S/C23H18F3N5O8S2/c1-14(15-5-3-2-4-6-15)29-21-18-12-22(31(34)35,41(38,39)23(24,25)26)20(11-19(18)27-13-28-21)40(36,37)17-9-7-16(8-10-17)30(32)33/h2-11,13-14H,12H2,1H3,(H,27,28,29). The highest BCUT2D eigenvalue weighted by molar-refractivity contribution is 7.99. The largest absolute Gasteiger partial charge is 0.504 e. The van der Waals surface area contributed by atoms with Crippen LogP contribution in [-0.2, 0) is 26.1 Å². The van der Waals surface area contributed by atoms with Gasteiger partial charge in [0.1, 0.15) is 17.1 Å². The van der Waals surface area contributed by atoms with E-state index in [9.17, 15) is 50.2 Å². The number of nitrogens with zero attached hydrogens (tertiary/aromatic N) is 4. The number of nitro groups is 2. The van der Waals surface area contributed by atoms with Crippen molar-refractivity contribution in [2.24, 2.45) is 0 Å². The Morgan fingerprint density at radius 3 is 2.12 bits per heavy atom. The molecule has 0 aliphatic heterocycles. The number of benzene rings is 2. The number of nitro benzene ring substituents is 1. The first-order valence-electron chi connectivity index (χ1n) is 11.4. The second-order valence-corrected chi connectivity index (χ2v) is 12.9. The maximum Gasteiger partial charge on any atom is 0.504 e. The summed E-state index contributed by atoms with van der Waals surface area (Å²) in [5, 5.41) is 26.3. The van der Waals surface area contributed by atoms with Gasteiger partial charge in [0.25, 0.3) is 5.69 Å². The van der Waals surface area contributed by atoms with Crippen molar-refractivity contribution in [1.29, 1.82) is 0 Å². The van der Waals surface area contributed by atoms with Crippen molar-refractivity contribution < 1.29 is 39.9 Å². The third kappa shape index (κ3) is 4.88. The van der Waals surface area contributed by atoms with Gasteiger partial charge in [-0.15, -0.1) is 0 Å². The number of hydrogen-bond donors (Lipinski definition) is 1. The maximum absolute atomic E-state index is 14.0. The summed E-state index contributed by atoms with van der Waals surface area (Å²) < 4.78 is 95.1. The minimum absolute atomic E-state index is 0.252. The number of nitrogens with one attached hydrogen (secondary N) is 1. The molecule has 0 bridgehead atoms. The lowest BCUT2D eigenvalue weighted by Crippen LogP contribution is -2.57. The third-order valence-electron chi connectivity index (χ3n) is 6.39. The van der Waals surface area contributed by atoms with Crippen LogP contribution in [0.4, 0.5) is 24.7 Å². The van der Waals surface area contributed by atoms with Gasteiger partial charge in [-0.1, -0.05) is 30.3 Å². The fourth-order valence-corrected chi connectivity index (χ4v) is 7.75. The smallest absolute Gasteiger partial charge is 0.363 e. The monoisotopic (exact) mass is 613 g/mol. The number of hydrogen-bond acceptors (Lipinski definition) is 11. The first kappa shape index (κ1) is 29.5. The molecule has 18 heteroatoms. The Bertz CT molecular complexity index is 1780. The van der Waals surface area contributed by atoms with Gasteiger partial charge in [0.2, 0.25) is 9.84 Å². The molecule has 4 rings (SSSR count). The van der Waals surface area contributed by atoms with Crippen molar-refractivity contribution >= 4 is 37.3 Å². The number of rotatable bonds is 8. The van der Waals surface area contributed by atoms with Crippen molar-refractivity contribution in [1.82, 2.24) is 9.97 Å². The van der Waals surface area contributed by atoms with Gasteiger partial charge in [0.15, 0.2) is 0 Å². The quantitative estimate of drug-likeness (QED) is 0.287. The van der Waals surface area contributed by atoms with Crippen molar-refractivity contribution in [3.63, 3.8) is 0 Å². The second kappa shape index (κ2) is 10.2. The minimum atomic E-state index is -6.90. The van der Waals surface area contributed by atoms with Crippen LogP contribution >= 0.6 is 0 Å². The number of anilines is 1. The molecule has 1 heterocycles. The van der Waals surface area contributed by atoms with Crippen molar-refractivity contribution in [3.8, 4) is 0 Å². The summed E-state index contributed by atoms with van der Waals surface area (Å²) in [6, 6.07) is 10.6. The van der Waals surface area contributed by atoms with E-state index in [1.54, 1.807) is 37.3 Å². The van der Waals surface area contributed by atoms with E-state index in [1.807, 2.05) is 0 Å². The molecule has 13 nitrogen and oxygen atoms in total. The summed E-state index contributed by atoms with van der Waals surface area (Å²) in [5.41, 5.74) is -7.00. The normalized spacial score (nSPS) is 18.1. The molecule has 0 fully saturated rings. The summed E-state index contributed by atoms with van der Waals surface area (Å²) in [6.45, 7) is 1.64. The van der Waals surface area contributed by atoms with E-state index < -0.39 is 73.4 Å². The predicted molar refractivity (Wildman–Crippen MR) is 137 cm³/mol. The molecule has 0 spiro atoms. The number of halogens is 3. The molecule has 1 N–H and O–H groups in total. The molecule has 0 amide bonds. The van der Waals surface area contributed by atoms with Gasteiger partial charge in [0.05, 0.1) is 21.9 Å². The molecular weight excluding hydrogens is 595 g/mol. The fraction of sp³-hybridized carbons (Fsp3) is 0.217. The van der Waals surface area contributed by atoms with Crippen LogP contribution in [0.25, 0.3) is 6.08 Å². The number of non-ortho nitro benzene ring substituents is 1. The molecule has 2 atom stereocenters. The van der Waals surface area contributed by atoms with Gasteiger partial charge in [0, 0.05) is 28.7 Å². The zero-order valence-electron chi connectivity index (χ0n) is 20.6. The molecule has 3 aromatic rings. The van der Waals surface area contributed by atoms with Gasteiger partial charge >= 0.3 is 20.2 Å². The Hall–Kier alpha value is -4.45. The Labute approximate surface area is 229 Å². The van der Waals surface area contributed by atoms with E-state index in [1.165, 1.54) is 0 Å². The topological polar surface area (TPSA) is 192 Å². The Kier molecular flexibility index (Phi) is 7.34. The van der Waals surface area contributed by atoms with Crippen LogP contribution in [-0.4, -0.2) is 47.0 Å². The highest BCUT2D eigenvalue weighted by atomic mass is 32.2. The molecule has 2 aromatic carbocycles. The molecule has 2 unspecified atom stereocenters. The highest BCUT2D eigenvalue weighted by Gasteiger charge is 2.73. The van der Waals surface area contributed by atoms with E-state index in [-0.39, 0.29) is 11.5 Å². The summed E-state index contributed by atoms with van der Waals surface area (Å²) >= 11 is 0. The SMILES string of the molecule is CC(Nc1ncnc2c1CC([N+](=O)[O-])(S(=O)(=O)C(F)(F)F)C(S(=O)(=O)c1ccc([N+](=O)[O-])cc1)=C2)c1ccccc1. The average Bonchev–Trinajstić information content (AvgIpc) is 2.92. The van der Waals surface area contributed by atoms with Crippen molar-refractivity contribution in [2.75, 3.05) is 5.32 Å². The summed E-state index contributed by atoms with van der Waals surface area (Å²) in [5.74, 6) is -0.252. The predicted octanol–water partition coefficient (Wildman–Crippen LogP) is 3.84. The molecule has 216 valence electrons. The van der Waals surface area contributed by atoms with Crippen LogP contribution in [0.15, 0.2) is 70.7 Å². The van der Waals surface area contributed by atoms with Crippen molar-refractivity contribution in [3.05, 3.63) is 103 Å². The van der Waals surface area contributed by atoms with E-state index in [0.29, 0.717) is 35.9 Å². The second-order valence-electron chi connectivity index (χ2n) is 8.79. The molecule has 0 saturated carbocycles. The van der Waals surface area contributed by atoms with E-state index in [0.717, 1.165) is 6.33 Å². The summed E-state index contributed by atoms with van der Waals surface area (Å²) in [6.07, 6.45) is -0.287. The minimum Gasteiger partial charge on any atom is -0.363 e. The van der Waals surface area contributed by atoms with Crippen LogP contribution < -0.4 is 5.32 Å². The van der Waals surface area contributed by atoms with E-state index in [2.05, 4.69) is 15.3 Å². The zero-order valence-corrected chi connectivity index (χ0v) is 22.3. The average molecular weight is 614 g/mol. The first-order chi connectivity index (χ1) is 19.0. The maximum atomic E-state index is 14.0. The third-order valence-corrected chi connectivity index (χ3v) is 10.5. The van der Waals surface area contributed by atoms with E-state index >= 15 is 0 Å². The first-order valence-corrected chi connectivity index (χ1v) is 14.3. The molecule has 1 aromatic heterocycles. The lowest BCUT2D eigenvalue weighted by atomic mass is 9.97. The van der Waals surface area contributed by atoms with Gasteiger partial charge in [-0.2, -0.15) is 13.2 Å². The molecular formula is C23H18F3N5O8S2. The lowest BCUT2D eigenvalue weighted by molar-refractivity contribution is -0.528. The number of fused-ring (bicyclic) bond motifs is 1. The Balaban J connectivity index is 1.99. The van der Waals surface area contributed by atoms with E-state index in [4.69, 9.17) is 0 Å². The number of sulfone groups is 2. The summed E-state index contributed by atoms with van der Waals surface area (Å²) in [4.78, 5) is 21.6. The number of aromatic nitrogens is 2. The van der Waals surface area contributed by atoms with Crippen LogP contribution in [0, 0.1) is 20.2 Å². The lowest BCUT2D eigenvalue weighted by Gasteiger charge is -2.32. The Morgan fingerprint density at radius 2 is 1.59 bits per heavy atom. The number of alkyl halides is 3. The van der Waals surface area contributed by atoms with Gasteiger partial charge in [-0.25, -0.2) is 26.8 Å². The van der Waals surface area contributed by atoms with Crippen molar-refractivity contribution in [2.45, 2.75) is 34.7 Å². The van der Waals surface area contributed by atoms with Crippen LogP contribution in [0.3, 0.4) is 0 Å². The fourth-order valence-electron chi connectivity index (χ4n) is 4.28. The molecule has 1 aliphatic carbocycles. The van der Waals surface area contributed by atoms with Crippen LogP contribution in [0.2, 0.25) is 0 Å². The van der Waals surface area contributed by atoms with Gasteiger partial charge in [-0.3, -0.25) is 20.2 Å². The Morgan fingerprint density at radius 1 is 0.976 bits per heavy atom. The highest BCUT2D eigenvalue weighted by Crippen LogP contribution is 2.48. The molecule has 1 aliphatic rings. The molecule has 0 radical (unpaired) electrons.